The molecule has 1 aliphatic heterocycles. The van der Waals surface area contributed by atoms with Crippen LogP contribution in [0.4, 0.5) is 5.69 Å². The third kappa shape index (κ3) is 1.71. The van der Waals surface area contributed by atoms with E-state index in [0.717, 1.165) is 18.7 Å². The lowest BCUT2D eigenvalue weighted by molar-refractivity contribution is 0.545. The van der Waals surface area contributed by atoms with Crippen molar-refractivity contribution in [1.29, 1.82) is 0 Å². The molecule has 0 N–H and O–H groups in total. The highest BCUT2D eigenvalue weighted by Gasteiger charge is 2.29. The summed E-state index contributed by atoms with van der Waals surface area (Å²) >= 11 is 6.08. The van der Waals surface area contributed by atoms with Crippen molar-refractivity contribution in [1.82, 2.24) is 9.78 Å². The molecule has 16 heavy (non-hydrogen) atoms. The minimum absolute atomic E-state index is 0.231. The number of aryl methyl sites for hydroxylation is 1. The predicted octanol–water partition coefficient (Wildman–Crippen LogP) is 1.67. The fourth-order valence-electron chi connectivity index (χ4n) is 2.14. The van der Waals surface area contributed by atoms with Crippen LogP contribution in [-0.2, 0) is 7.05 Å². The van der Waals surface area contributed by atoms with E-state index in [1.54, 1.807) is 13.2 Å². The Bertz CT molecular complexity index is 457. The van der Waals surface area contributed by atoms with Gasteiger partial charge in [0, 0.05) is 19.6 Å². The Hall–Kier alpha value is -1.03. The van der Waals surface area contributed by atoms with Crippen LogP contribution in [0.5, 0.6) is 0 Å². The Kier molecular flexibility index (Phi) is 2.93. The second-order valence-electron chi connectivity index (χ2n) is 4.47. The molecule has 1 aromatic heterocycles. The molecule has 2 unspecified atom stereocenters. The van der Waals surface area contributed by atoms with Crippen LogP contribution >= 0.6 is 11.6 Å². The normalized spacial score (nSPS) is 25.1. The molecular formula is C11H16ClN3O. The van der Waals surface area contributed by atoms with Crippen LogP contribution in [0.2, 0.25) is 5.02 Å². The lowest BCUT2D eigenvalue weighted by Gasteiger charge is -2.25. The van der Waals surface area contributed by atoms with Crippen LogP contribution < -0.4 is 10.5 Å². The third-order valence-corrected chi connectivity index (χ3v) is 3.86. The third-order valence-electron chi connectivity index (χ3n) is 3.51. The molecule has 0 saturated carbocycles. The summed E-state index contributed by atoms with van der Waals surface area (Å²) in [6.07, 6.45) is 2.81. The molecule has 2 heterocycles. The Morgan fingerprint density at radius 1 is 1.50 bits per heavy atom. The number of hydrogen-bond acceptors (Lipinski definition) is 3. The van der Waals surface area contributed by atoms with Gasteiger partial charge in [-0.15, -0.1) is 0 Å². The highest BCUT2D eigenvalue weighted by atomic mass is 35.5. The first-order valence-electron chi connectivity index (χ1n) is 5.51. The van der Waals surface area contributed by atoms with Gasteiger partial charge in [-0.1, -0.05) is 18.5 Å². The quantitative estimate of drug-likeness (QED) is 0.751. The van der Waals surface area contributed by atoms with Crippen LogP contribution in [-0.4, -0.2) is 22.4 Å². The minimum atomic E-state index is -0.231. The van der Waals surface area contributed by atoms with E-state index in [4.69, 9.17) is 11.6 Å². The number of nitrogens with zero attached hydrogens (tertiary/aromatic N) is 3. The molecule has 0 aromatic carbocycles. The lowest BCUT2D eigenvalue weighted by atomic mass is 10.1. The Labute approximate surface area is 99.8 Å². The molecule has 2 rings (SSSR count). The molecule has 0 aliphatic carbocycles. The topological polar surface area (TPSA) is 38.1 Å². The maximum atomic E-state index is 11.7. The van der Waals surface area contributed by atoms with Crippen LogP contribution in [0, 0.1) is 5.92 Å². The summed E-state index contributed by atoms with van der Waals surface area (Å²) in [5.74, 6) is 0.625. The summed E-state index contributed by atoms with van der Waals surface area (Å²) in [7, 11) is 1.61. The molecule has 4 nitrogen and oxygen atoms in total. The standard InChI is InChI=1S/C11H16ClN3O/c1-7-4-5-15(8(7)2)9-6-13-14(3)11(16)10(9)12/h6-8H,4-5H2,1-3H3. The average molecular weight is 242 g/mol. The molecule has 0 radical (unpaired) electrons. The fraction of sp³-hybridized carbons (Fsp3) is 0.636. The Morgan fingerprint density at radius 2 is 2.19 bits per heavy atom. The maximum absolute atomic E-state index is 11.7. The molecule has 0 bridgehead atoms. The van der Waals surface area contributed by atoms with Crippen molar-refractivity contribution in [3.8, 4) is 0 Å². The van der Waals surface area contributed by atoms with Gasteiger partial charge >= 0.3 is 0 Å². The van der Waals surface area contributed by atoms with E-state index in [1.165, 1.54) is 4.68 Å². The largest absolute Gasteiger partial charge is 0.366 e. The van der Waals surface area contributed by atoms with Gasteiger partial charge in [0.2, 0.25) is 0 Å². The number of anilines is 1. The van der Waals surface area contributed by atoms with Gasteiger partial charge in [0.1, 0.15) is 5.02 Å². The van der Waals surface area contributed by atoms with E-state index in [1.807, 2.05) is 0 Å². The van der Waals surface area contributed by atoms with Crippen molar-refractivity contribution >= 4 is 17.3 Å². The highest BCUT2D eigenvalue weighted by molar-refractivity contribution is 6.33. The number of hydrogen-bond donors (Lipinski definition) is 0. The van der Waals surface area contributed by atoms with Crippen molar-refractivity contribution in [3.63, 3.8) is 0 Å². The number of aromatic nitrogens is 2. The van der Waals surface area contributed by atoms with Gasteiger partial charge in [-0.25, -0.2) is 4.68 Å². The summed E-state index contributed by atoms with van der Waals surface area (Å²) in [5, 5.41) is 4.30. The second kappa shape index (κ2) is 4.09. The van der Waals surface area contributed by atoms with Gasteiger partial charge in [-0.2, -0.15) is 5.10 Å². The van der Waals surface area contributed by atoms with Crippen LogP contribution in [0.3, 0.4) is 0 Å². The summed E-state index contributed by atoms with van der Waals surface area (Å²) in [6, 6.07) is 0.409. The van der Waals surface area contributed by atoms with Crippen LogP contribution in [0.15, 0.2) is 11.0 Å². The van der Waals surface area contributed by atoms with Gasteiger partial charge < -0.3 is 4.90 Å². The molecule has 1 aromatic rings. The van der Waals surface area contributed by atoms with Crippen LogP contribution in [0.25, 0.3) is 0 Å². The summed E-state index contributed by atoms with van der Waals surface area (Å²) < 4.78 is 1.26. The van der Waals surface area contributed by atoms with Gasteiger partial charge in [0.15, 0.2) is 0 Å². The van der Waals surface area contributed by atoms with E-state index >= 15 is 0 Å². The van der Waals surface area contributed by atoms with Gasteiger partial charge in [-0.3, -0.25) is 4.79 Å². The van der Waals surface area contributed by atoms with Crippen LogP contribution in [0.1, 0.15) is 20.3 Å². The predicted molar refractivity (Wildman–Crippen MR) is 65.1 cm³/mol. The zero-order chi connectivity index (χ0) is 11.9. The van der Waals surface area contributed by atoms with Gasteiger partial charge in [-0.05, 0) is 19.3 Å². The molecule has 0 spiro atoms. The molecule has 1 aliphatic rings. The molecular weight excluding hydrogens is 226 g/mol. The zero-order valence-corrected chi connectivity index (χ0v) is 10.5. The molecule has 0 amide bonds. The van der Waals surface area contributed by atoms with E-state index in [2.05, 4.69) is 23.8 Å². The Balaban J connectivity index is 2.42. The molecule has 88 valence electrons. The lowest BCUT2D eigenvalue weighted by Crippen LogP contribution is -2.32. The fourth-order valence-corrected chi connectivity index (χ4v) is 2.42. The summed E-state index contributed by atoms with van der Waals surface area (Å²) in [4.78, 5) is 13.8. The first kappa shape index (κ1) is 11.5. The zero-order valence-electron chi connectivity index (χ0n) is 9.77. The molecule has 1 fully saturated rings. The van der Waals surface area contributed by atoms with Gasteiger partial charge in [0.05, 0.1) is 11.9 Å². The average Bonchev–Trinajstić information content (AvgIpc) is 2.58. The minimum Gasteiger partial charge on any atom is -0.366 e. The van der Waals surface area contributed by atoms with E-state index in [-0.39, 0.29) is 10.6 Å². The SMILES string of the molecule is CC1CCN(c2cnn(C)c(=O)c2Cl)C1C. The van der Waals surface area contributed by atoms with Crippen molar-refractivity contribution in [2.75, 3.05) is 11.4 Å². The number of rotatable bonds is 1. The van der Waals surface area contributed by atoms with Gasteiger partial charge in [0.25, 0.3) is 5.56 Å². The molecule has 1 saturated heterocycles. The first-order chi connectivity index (χ1) is 7.52. The van der Waals surface area contributed by atoms with Crippen molar-refractivity contribution in [2.24, 2.45) is 13.0 Å². The first-order valence-corrected chi connectivity index (χ1v) is 5.88. The van der Waals surface area contributed by atoms with Crippen molar-refractivity contribution < 1.29 is 0 Å². The Morgan fingerprint density at radius 3 is 2.75 bits per heavy atom. The molecule has 5 heteroatoms. The number of halogens is 1. The van der Waals surface area contributed by atoms with Crippen molar-refractivity contribution in [3.05, 3.63) is 21.6 Å². The summed E-state index contributed by atoms with van der Waals surface area (Å²) in [6.45, 7) is 5.31. The molecule has 2 atom stereocenters. The maximum Gasteiger partial charge on any atom is 0.287 e. The van der Waals surface area contributed by atoms with E-state index in [0.29, 0.717) is 12.0 Å². The second-order valence-corrected chi connectivity index (χ2v) is 4.85. The van der Waals surface area contributed by atoms with Crippen molar-refractivity contribution in [2.45, 2.75) is 26.3 Å². The summed E-state index contributed by atoms with van der Waals surface area (Å²) in [5.41, 5.74) is 0.535. The highest BCUT2D eigenvalue weighted by Crippen LogP contribution is 2.31. The van der Waals surface area contributed by atoms with E-state index in [9.17, 15) is 4.79 Å². The smallest absolute Gasteiger partial charge is 0.287 e. The van der Waals surface area contributed by atoms with E-state index < -0.39 is 0 Å². The monoisotopic (exact) mass is 241 g/mol.